The maximum Gasteiger partial charge on any atom is 0.335 e. The van der Waals surface area contributed by atoms with Crippen molar-refractivity contribution in [2.75, 3.05) is 19.1 Å². The van der Waals surface area contributed by atoms with E-state index in [1.165, 1.54) is 26.4 Å². The lowest BCUT2D eigenvalue weighted by molar-refractivity contribution is -0.122. The Bertz CT molecular complexity index is 1070. The lowest BCUT2D eigenvalue weighted by Crippen LogP contribution is -2.54. The van der Waals surface area contributed by atoms with Gasteiger partial charge in [0.1, 0.15) is 5.57 Å². The van der Waals surface area contributed by atoms with E-state index >= 15 is 0 Å². The van der Waals surface area contributed by atoms with Crippen LogP contribution < -0.4 is 19.7 Å². The number of urea groups is 1. The Labute approximate surface area is 180 Å². The first-order valence-electron chi connectivity index (χ1n) is 8.36. The normalized spacial score (nSPS) is 15.6. The van der Waals surface area contributed by atoms with Crippen molar-refractivity contribution in [2.45, 2.75) is 6.92 Å². The molecule has 0 atom stereocenters. The Kier molecular flexibility index (Phi) is 5.95. The predicted molar refractivity (Wildman–Crippen MR) is 112 cm³/mol. The Morgan fingerprint density at radius 2 is 1.83 bits per heavy atom. The van der Waals surface area contributed by atoms with Gasteiger partial charge in [0.25, 0.3) is 11.8 Å². The van der Waals surface area contributed by atoms with Gasteiger partial charge in [-0.25, -0.2) is 9.69 Å². The Morgan fingerprint density at radius 1 is 1.10 bits per heavy atom. The smallest absolute Gasteiger partial charge is 0.335 e. The number of amides is 4. The molecule has 4 amide bonds. The molecule has 1 aliphatic rings. The van der Waals surface area contributed by atoms with Crippen LogP contribution in [0.1, 0.15) is 11.1 Å². The van der Waals surface area contributed by atoms with Crippen LogP contribution in [0, 0.1) is 6.92 Å². The Morgan fingerprint density at radius 3 is 2.48 bits per heavy atom. The molecule has 1 saturated heterocycles. The number of benzene rings is 2. The number of methoxy groups -OCH3 is 2. The molecule has 1 N–H and O–H groups in total. The molecule has 1 fully saturated rings. The fraction of sp³-hybridized carbons (Fsp3) is 0.150. The molecule has 0 aliphatic carbocycles. The van der Waals surface area contributed by atoms with Gasteiger partial charge >= 0.3 is 6.03 Å². The number of hydrogen-bond donors (Lipinski definition) is 1. The van der Waals surface area contributed by atoms with Gasteiger partial charge in [-0.05, 0) is 64.3 Å². The molecular formula is C20H16BrClN2O5. The highest BCUT2D eigenvalue weighted by Gasteiger charge is 2.37. The van der Waals surface area contributed by atoms with E-state index < -0.39 is 17.8 Å². The molecule has 0 bridgehead atoms. The standard InChI is InChI=1S/C20H16BrClN2O5/c1-10-4-5-12(22)9-15(10)24-19(26)13(18(25)23-20(24)27)6-11-7-14(21)17(29-3)16(8-11)28-2/h4-9H,1-3H3,(H,23,25,27)/b13-6+. The first-order valence-corrected chi connectivity index (χ1v) is 9.53. The molecule has 0 saturated carbocycles. The minimum Gasteiger partial charge on any atom is -0.493 e. The van der Waals surface area contributed by atoms with Gasteiger partial charge in [-0.15, -0.1) is 0 Å². The van der Waals surface area contributed by atoms with Crippen molar-refractivity contribution in [1.29, 1.82) is 0 Å². The summed E-state index contributed by atoms with van der Waals surface area (Å²) in [5.41, 5.74) is 1.25. The molecule has 1 heterocycles. The minimum atomic E-state index is -0.837. The third kappa shape index (κ3) is 3.99. The first-order chi connectivity index (χ1) is 13.8. The quantitative estimate of drug-likeness (QED) is 0.527. The lowest BCUT2D eigenvalue weighted by atomic mass is 10.1. The third-order valence-corrected chi connectivity index (χ3v) is 5.10. The molecule has 3 rings (SSSR count). The van der Waals surface area contributed by atoms with E-state index in [-0.39, 0.29) is 5.57 Å². The minimum absolute atomic E-state index is 0.205. The summed E-state index contributed by atoms with van der Waals surface area (Å²) >= 11 is 9.39. The second-order valence-corrected chi connectivity index (χ2v) is 7.42. The molecule has 0 aromatic heterocycles. The topological polar surface area (TPSA) is 84.9 Å². The molecule has 1 aliphatic heterocycles. The van der Waals surface area contributed by atoms with Gasteiger partial charge < -0.3 is 9.47 Å². The number of ether oxygens (including phenoxy) is 2. The van der Waals surface area contributed by atoms with Gasteiger partial charge in [0.05, 0.1) is 24.4 Å². The Hall–Kier alpha value is -2.84. The van der Waals surface area contributed by atoms with E-state index in [1.807, 2.05) is 0 Å². The predicted octanol–water partition coefficient (Wildman–Crippen LogP) is 4.09. The highest BCUT2D eigenvalue weighted by molar-refractivity contribution is 9.10. The van der Waals surface area contributed by atoms with E-state index in [1.54, 1.807) is 31.2 Å². The summed E-state index contributed by atoms with van der Waals surface area (Å²) in [4.78, 5) is 38.7. The fourth-order valence-corrected chi connectivity index (χ4v) is 3.68. The van der Waals surface area contributed by atoms with Crippen molar-refractivity contribution in [3.05, 3.63) is 56.5 Å². The molecule has 29 heavy (non-hydrogen) atoms. The van der Waals surface area contributed by atoms with E-state index in [4.69, 9.17) is 21.1 Å². The zero-order valence-corrected chi connectivity index (χ0v) is 18.1. The molecule has 0 radical (unpaired) electrons. The van der Waals surface area contributed by atoms with Crippen LogP contribution in [0.3, 0.4) is 0 Å². The van der Waals surface area contributed by atoms with Crippen LogP contribution in [0.15, 0.2) is 40.4 Å². The summed E-state index contributed by atoms with van der Waals surface area (Å²) in [7, 11) is 2.97. The highest BCUT2D eigenvalue weighted by atomic mass is 79.9. The van der Waals surface area contributed by atoms with Crippen LogP contribution in [-0.2, 0) is 9.59 Å². The monoisotopic (exact) mass is 478 g/mol. The third-order valence-electron chi connectivity index (χ3n) is 4.28. The van der Waals surface area contributed by atoms with Gasteiger partial charge in [-0.1, -0.05) is 17.7 Å². The van der Waals surface area contributed by atoms with Crippen molar-refractivity contribution in [2.24, 2.45) is 0 Å². The summed E-state index contributed by atoms with van der Waals surface area (Å²) in [6.45, 7) is 1.73. The van der Waals surface area contributed by atoms with Crippen molar-refractivity contribution in [3.63, 3.8) is 0 Å². The summed E-state index contributed by atoms with van der Waals surface area (Å²) < 4.78 is 11.1. The van der Waals surface area contributed by atoms with Crippen molar-refractivity contribution in [1.82, 2.24) is 5.32 Å². The number of nitrogens with one attached hydrogen (secondary N) is 1. The number of barbiturate groups is 1. The average Bonchev–Trinajstić information content (AvgIpc) is 2.67. The van der Waals surface area contributed by atoms with Crippen LogP contribution in [0.25, 0.3) is 6.08 Å². The van der Waals surface area contributed by atoms with E-state index in [2.05, 4.69) is 21.2 Å². The fourth-order valence-electron chi connectivity index (χ4n) is 2.89. The number of rotatable bonds is 4. The van der Waals surface area contributed by atoms with Crippen LogP contribution in [0.2, 0.25) is 5.02 Å². The van der Waals surface area contributed by atoms with Gasteiger partial charge in [-0.2, -0.15) is 0 Å². The second-order valence-electron chi connectivity index (χ2n) is 6.13. The lowest BCUT2D eigenvalue weighted by Gasteiger charge is -2.27. The number of nitrogens with zero attached hydrogens (tertiary/aromatic N) is 1. The first kappa shape index (κ1) is 20.9. The number of carbonyl (C=O) groups is 3. The second kappa shape index (κ2) is 8.26. The number of aryl methyl sites for hydroxylation is 1. The van der Waals surface area contributed by atoms with Crippen molar-refractivity contribution in [3.8, 4) is 11.5 Å². The van der Waals surface area contributed by atoms with E-state index in [0.29, 0.717) is 37.8 Å². The van der Waals surface area contributed by atoms with E-state index in [9.17, 15) is 14.4 Å². The zero-order valence-electron chi connectivity index (χ0n) is 15.7. The van der Waals surface area contributed by atoms with Crippen molar-refractivity contribution < 1.29 is 23.9 Å². The molecule has 0 spiro atoms. The molecule has 2 aromatic carbocycles. The van der Waals surface area contributed by atoms with Gasteiger partial charge in [0, 0.05) is 5.02 Å². The molecular weight excluding hydrogens is 464 g/mol. The number of imide groups is 2. The number of carbonyl (C=O) groups excluding carboxylic acids is 3. The zero-order chi connectivity index (χ0) is 21.3. The van der Waals surface area contributed by atoms with E-state index in [0.717, 1.165) is 4.90 Å². The number of anilines is 1. The molecule has 7 nitrogen and oxygen atoms in total. The molecule has 0 unspecified atom stereocenters. The van der Waals surface area contributed by atoms with Crippen molar-refractivity contribution >= 4 is 57.1 Å². The number of hydrogen-bond acceptors (Lipinski definition) is 5. The molecule has 150 valence electrons. The summed E-state index contributed by atoms with van der Waals surface area (Å²) in [6.07, 6.45) is 1.38. The number of halogens is 2. The van der Waals surface area contributed by atoms with Crippen LogP contribution >= 0.6 is 27.5 Å². The summed E-state index contributed by atoms with van der Waals surface area (Å²) in [6, 6.07) is 7.27. The summed E-state index contributed by atoms with van der Waals surface area (Å²) in [5, 5.41) is 2.55. The maximum atomic E-state index is 13.0. The highest BCUT2D eigenvalue weighted by Crippen LogP contribution is 2.37. The maximum absolute atomic E-state index is 13.0. The SMILES string of the molecule is COc1cc(/C=C2\C(=O)NC(=O)N(c3cc(Cl)ccc3C)C2=O)cc(Br)c1OC. The largest absolute Gasteiger partial charge is 0.493 e. The Balaban J connectivity index is 2.09. The van der Waals surface area contributed by atoms with Crippen LogP contribution in [0.4, 0.5) is 10.5 Å². The van der Waals surface area contributed by atoms with Gasteiger partial charge in [0.15, 0.2) is 11.5 Å². The van der Waals surface area contributed by atoms with Gasteiger partial charge in [0.2, 0.25) is 0 Å². The average molecular weight is 480 g/mol. The molecule has 9 heteroatoms. The van der Waals surface area contributed by atoms with Crippen LogP contribution in [-0.4, -0.2) is 32.1 Å². The van der Waals surface area contributed by atoms with Gasteiger partial charge in [-0.3, -0.25) is 14.9 Å². The van der Waals surface area contributed by atoms with Crippen LogP contribution in [0.5, 0.6) is 11.5 Å². The summed E-state index contributed by atoms with van der Waals surface area (Å²) in [5.74, 6) is -0.659. The molecule has 2 aromatic rings.